The highest BCUT2D eigenvalue weighted by molar-refractivity contribution is 6.75. The van der Waals surface area contributed by atoms with E-state index in [0.717, 1.165) is 0 Å². The molecule has 0 aliphatic heterocycles. The van der Waals surface area contributed by atoms with E-state index in [1.165, 1.54) is 12.1 Å². The first-order valence-corrected chi connectivity index (χ1v) is 14.5. The number of hydrogen-bond donors (Lipinski definition) is 0. The van der Waals surface area contributed by atoms with Crippen LogP contribution in [0.1, 0.15) is 51.9 Å². The molecule has 25 heavy (non-hydrogen) atoms. The number of carbonyl (C=O) groups is 1. The molecule has 0 aliphatic rings. The lowest BCUT2D eigenvalue weighted by molar-refractivity contribution is 0.112. The van der Waals surface area contributed by atoms with E-state index in [2.05, 4.69) is 67.7 Å². The van der Waals surface area contributed by atoms with Gasteiger partial charge in [0.1, 0.15) is 0 Å². The van der Waals surface area contributed by atoms with Crippen LogP contribution in [-0.2, 0) is 0 Å². The van der Waals surface area contributed by atoms with Crippen molar-refractivity contribution in [3.8, 4) is 11.5 Å². The molecule has 0 saturated heterocycles. The Hall–Kier alpha value is -1.15. The van der Waals surface area contributed by atoms with Crippen molar-refractivity contribution < 1.29 is 18.0 Å². The summed E-state index contributed by atoms with van der Waals surface area (Å²) in [7, 11) is -4.55. The van der Waals surface area contributed by atoms with Crippen molar-refractivity contribution in [1.82, 2.24) is 0 Å². The summed E-state index contributed by atoms with van der Waals surface area (Å²) in [5.74, 6) is -0.142. The molecule has 0 aliphatic carbocycles. The van der Waals surface area contributed by atoms with E-state index >= 15 is 0 Å². The molecule has 0 aromatic heterocycles. The molecular weight excluding hydrogens is 351 g/mol. The molecule has 0 heterocycles. The first kappa shape index (κ1) is 21.9. The highest BCUT2D eigenvalue weighted by Gasteiger charge is 2.43. The van der Waals surface area contributed by atoms with Crippen LogP contribution in [-0.4, -0.2) is 22.9 Å². The fourth-order valence-corrected chi connectivity index (χ4v) is 3.70. The maximum atomic E-state index is 14.7. The number of aldehydes is 1. The van der Waals surface area contributed by atoms with Gasteiger partial charge in [0.2, 0.25) is 0 Å². The summed E-state index contributed by atoms with van der Waals surface area (Å²) in [5.41, 5.74) is 0.333. The van der Waals surface area contributed by atoms with Gasteiger partial charge in [-0.2, -0.15) is 0 Å². The summed E-state index contributed by atoms with van der Waals surface area (Å²) in [5, 5.41) is -0.168. The van der Waals surface area contributed by atoms with E-state index in [1.54, 1.807) is 0 Å². The molecule has 1 aromatic rings. The van der Waals surface area contributed by atoms with Crippen LogP contribution in [0, 0.1) is 5.82 Å². The molecule has 1 aromatic carbocycles. The minimum absolute atomic E-state index is 0.0757. The van der Waals surface area contributed by atoms with Gasteiger partial charge in [-0.25, -0.2) is 4.39 Å². The zero-order valence-electron chi connectivity index (χ0n) is 17.3. The molecule has 0 atom stereocenters. The average molecular weight is 385 g/mol. The van der Waals surface area contributed by atoms with Gasteiger partial charge in [-0.3, -0.25) is 4.79 Å². The Kier molecular flexibility index (Phi) is 6.02. The van der Waals surface area contributed by atoms with E-state index in [0.29, 0.717) is 11.8 Å². The highest BCUT2D eigenvalue weighted by atomic mass is 28.4. The molecule has 0 spiro atoms. The summed E-state index contributed by atoms with van der Waals surface area (Å²) < 4.78 is 27.2. The molecule has 0 saturated carbocycles. The third-order valence-electron chi connectivity index (χ3n) is 5.55. The van der Waals surface area contributed by atoms with Gasteiger partial charge in [0, 0.05) is 0 Å². The molecule has 0 unspecified atom stereocenters. The van der Waals surface area contributed by atoms with E-state index in [9.17, 15) is 9.18 Å². The van der Waals surface area contributed by atoms with Crippen LogP contribution in [0.5, 0.6) is 11.5 Å². The molecule has 0 fully saturated rings. The maximum Gasteiger partial charge on any atom is 0.250 e. The monoisotopic (exact) mass is 384 g/mol. The van der Waals surface area contributed by atoms with E-state index in [4.69, 9.17) is 8.85 Å². The Morgan fingerprint density at radius 3 is 1.60 bits per heavy atom. The first-order chi connectivity index (χ1) is 11.0. The van der Waals surface area contributed by atoms with Crippen molar-refractivity contribution in [3.63, 3.8) is 0 Å². The van der Waals surface area contributed by atoms with E-state index in [-0.39, 0.29) is 21.6 Å². The zero-order chi connectivity index (χ0) is 19.8. The van der Waals surface area contributed by atoms with Crippen molar-refractivity contribution in [2.45, 2.75) is 77.8 Å². The molecule has 1 rings (SSSR count). The van der Waals surface area contributed by atoms with Crippen molar-refractivity contribution in [1.29, 1.82) is 0 Å². The molecule has 3 nitrogen and oxygen atoms in total. The zero-order valence-corrected chi connectivity index (χ0v) is 19.3. The number of hydrogen-bond acceptors (Lipinski definition) is 3. The van der Waals surface area contributed by atoms with Crippen LogP contribution in [0.2, 0.25) is 36.3 Å². The molecular formula is C19H33FO3Si2. The Balaban J connectivity index is 3.51. The number of rotatable bonds is 5. The summed E-state index contributed by atoms with van der Waals surface area (Å²) in [6.07, 6.45) is 0.709. The minimum Gasteiger partial charge on any atom is -0.541 e. The first-order valence-electron chi connectivity index (χ1n) is 8.69. The quantitative estimate of drug-likeness (QED) is 0.435. The third kappa shape index (κ3) is 4.73. The minimum atomic E-state index is -2.29. The van der Waals surface area contributed by atoms with Gasteiger partial charge < -0.3 is 8.85 Å². The van der Waals surface area contributed by atoms with Gasteiger partial charge in [0.15, 0.2) is 23.6 Å². The average Bonchev–Trinajstić information content (AvgIpc) is 2.40. The predicted octanol–water partition coefficient (Wildman–Crippen LogP) is 6.41. The second-order valence-corrected chi connectivity index (χ2v) is 19.1. The topological polar surface area (TPSA) is 35.5 Å². The number of halogens is 1. The molecule has 0 N–H and O–H groups in total. The van der Waals surface area contributed by atoms with E-state index < -0.39 is 22.5 Å². The normalized spacial score (nSPS) is 13.6. The van der Waals surface area contributed by atoms with Gasteiger partial charge in [0.25, 0.3) is 16.6 Å². The Morgan fingerprint density at radius 2 is 1.24 bits per heavy atom. The molecule has 0 amide bonds. The van der Waals surface area contributed by atoms with Gasteiger partial charge in [-0.15, -0.1) is 0 Å². The van der Waals surface area contributed by atoms with E-state index in [1.807, 2.05) is 0 Å². The Morgan fingerprint density at radius 1 is 0.840 bits per heavy atom. The van der Waals surface area contributed by atoms with Crippen LogP contribution in [0.25, 0.3) is 0 Å². The van der Waals surface area contributed by atoms with Gasteiger partial charge in [0.05, 0.1) is 5.56 Å². The Bertz CT molecular complexity index is 641. The fraction of sp³-hybridized carbons (Fsp3) is 0.632. The van der Waals surface area contributed by atoms with Crippen LogP contribution < -0.4 is 8.85 Å². The SMILES string of the molecule is CC(C)(C)[Si](C)(C)Oc1c(F)ccc(C=O)c1O[Si](C)(C)C(C)(C)C. The fourth-order valence-electron chi connectivity index (χ4n) is 1.66. The smallest absolute Gasteiger partial charge is 0.250 e. The standard InChI is InChI=1S/C19H33FO3Si2/c1-18(2,3)24(7,8)22-16-14(13-21)11-12-15(20)17(16)23-25(9,10)19(4,5)6/h11-13H,1-10H3. The largest absolute Gasteiger partial charge is 0.541 e. The van der Waals surface area contributed by atoms with Crippen LogP contribution in [0.4, 0.5) is 4.39 Å². The maximum absolute atomic E-state index is 14.7. The summed E-state index contributed by atoms with van der Waals surface area (Å²) >= 11 is 0. The Labute approximate surface area is 154 Å². The predicted molar refractivity (Wildman–Crippen MR) is 107 cm³/mol. The lowest BCUT2D eigenvalue weighted by Crippen LogP contribution is -2.46. The molecule has 0 bridgehead atoms. The van der Waals surface area contributed by atoms with Crippen molar-refractivity contribution in [3.05, 3.63) is 23.5 Å². The summed E-state index contributed by atoms with van der Waals surface area (Å²) in [4.78, 5) is 11.6. The molecule has 142 valence electrons. The summed E-state index contributed by atoms with van der Waals surface area (Å²) in [6, 6.07) is 2.74. The highest BCUT2D eigenvalue weighted by Crippen LogP contribution is 2.45. The van der Waals surface area contributed by atoms with Crippen molar-refractivity contribution in [2.75, 3.05) is 0 Å². The van der Waals surface area contributed by atoms with Gasteiger partial charge >= 0.3 is 0 Å². The van der Waals surface area contributed by atoms with Crippen LogP contribution in [0.3, 0.4) is 0 Å². The van der Waals surface area contributed by atoms with Crippen LogP contribution in [0.15, 0.2) is 12.1 Å². The van der Waals surface area contributed by atoms with Crippen molar-refractivity contribution >= 4 is 22.9 Å². The van der Waals surface area contributed by atoms with Gasteiger partial charge in [-0.1, -0.05) is 41.5 Å². The molecule has 6 heteroatoms. The summed E-state index contributed by atoms with van der Waals surface area (Å²) in [6.45, 7) is 20.8. The number of carbonyl (C=O) groups excluding carboxylic acids is 1. The second-order valence-electron chi connectivity index (χ2n) is 9.64. The second kappa shape index (κ2) is 6.87. The third-order valence-corrected chi connectivity index (χ3v) is 14.2. The van der Waals surface area contributed by atoms with Gasteiger partial charge in [-0.05, 0) is 48.4 Å². The lowest BCUT2D eigenvalue weighted by Gasteiger charge is -2.40. The lowest BCUT2D eigenvalue weighted by atomic mass is 10.2. The molecule has 0 radical (unpaired) electrons. The van der Waals surface area contributed by atoms with Crippen molar-refractivity contribution in [2.24, 2.45) is 0 Å². The number of benzene rings is 1. The van der Waals surface area contributed by atoms with Crippen LogP contribution >= 0.6 is 0 Å².